The van der Waals surface area contributed by atoms with Crippen molar-refractivity contribution in [1.82, 2.24) is 4.31 Å². The van der Waals surface area contributed by atoms with Crippen LogP contribution in [0.2, 0.25) is 0 Å². The normalized spacial score (nSPS) is 34.4. The molecule has 1 aliphatic carbocycles. The van der Waals surface area contributed by atoms with Crippen LogP contribution in [0, 0.1) is 5.92 Å². The maximum absolute atomic E-state index is 12.3. The van der Waals surface area contributed by atoms with Crippen molar-refractivity contribution in [3.8, 4) is 0 Å². The van der Waals surface area contributed by atoms with E-state index in [9.17, 15) is 8.42 Å². The monoisotopic (exact) mass is 246 g/mol. The molecule has 1 aliphatic heterocycles. The molecule has 2 rings (SSSR count). The highest BCUT2D eigenvalue weighted by atomic mass is 32.2. The summed E-state index contributed by atoms with van der Waals surface area (Å²) >= 11 is 0. The second-order valence-electron chi connectivity index (χ2n) is 5.24. The minimum Gasteiger partial charge on any atom is -0.326 e. The number of nitrogens with zero attached hydrogens (tertiary/aromatic N) is 1. The average Bonchev–Trinajstić information content (AvgIpc) is 2.75. The molecule has 0 aromatic rings. The third-order valence-corrected chi connectivity index (χ3v) is 6.43. The number of hydrogen-bond donors (Lipinski definition) is 1. The number of sulfonamides is 1. The zero-order valence-corrected chi connectivity index (χ0v) is 10.7. The van der Waals surface area contributed by atoms with Crippen molar-refractivity contribution in [3.05, 3.63) is 0 Å². The fraction of sp³-hybridized carbons (Fsp3) is 1.00. The second-order valence-corrected chi connectivity index (χ2v) is 7.45. The molecule has 16 heavy (non-hydrogen) atoms. The van der Waals surface area contributed by atoms with E-state index in [1.54, 1.807) is 4.31 Å². The van der Waals surface area contributed by atoms with Crippen LogP contribution < -0.4 is 5.73 Å². The van der Waals surface area contributed by atoms with Crippen LogP contribution in [-0.2, 0) is 10.0 Å². The van der Waals surface area contributed by atoms with E-state index in [1.807, 2.05) is 0 Å². The van der Waals surface area contributed by atoms with Crippen LogP contribution >= 0.6 is 0 Å². The lowest BCUT2D eigenvalue weighted by atomic mass is 9.96. The lowest BCUT2D eigenvalue weighted by Gasteiger charge is -2.35. The predicted octanol–water partition coefficient (Wildman–Crippen LogP) is 0.928. The summed E-state index contributed by atoms with van der Waals surface area (Å²) in [6.45, 7) is 3.28. The molecule has 94 valence electrons. The maximum atomic E-state index is 12.3. The molecule has 2 N–H and O–H groups in total. The van der Waals surface area contributed by atoms with Crippen molar-refractivity contribution < 1.29 is 8.42 Å². The van der Waals surface area contributed by atoms with Crippen molar-refractivity contribution in [2.24, 2.45) is 11.7 Å². The van der Waals surface area contributed by atoms with Gasteiger partial charge in [-0.3, -0.25) is 0 Å². The molecule has 2 unspecified atom stereocenters. The molecule has 1 heterocycles. The SMILES string of the molecule is CC1CCN(S(=O)(=O)C2CCCC2)CC1N. The average molecular weight is 246 g/mol. The minimum atomic E-state index is -3.06. The summed E-state index contributed by atoms with van der Waals surface area (Å²) in [4.78, 5) is 0. The van der Waals surface area contributed by atoms with E-state index in [4.69, 9.17) is 5.73 Å². The Kier molecular flexibility index (Phi) is 3.56. The molecular formula is C11H22N2O2S. The molecule has 1 saturated heterocycles. The first-order valence-corrected chi connectivity index (χ1v) is 7.76. The smallest absolute Gasteiger partial charge is 0.217 e. The quantitative estimate of drug-likeness (QED) is 0.788. The Morgan fingerprint density at radius 3 is 2.38 bits per heavy atom. The Hall–Kier alpha value is -0.130. The molecule has 0 amide bonds. The summed E-state index contributed by atoms with van der Waals surface area (Å²) in [5.41, 5.74) is 5.96. The lowest BCUT2D eigenvalue weighted by molar-refractivity contribution is 0.251. The van der Waals surface area contributed by atoms with Crippen molar-refractivity contribution >= 4 is 10.0 Å². The van der Waals surface area contributed by atoms with Gasteiger partial charge >= 0.3 is 0 Å². The molecule has 2 atom stereocenters. The summed E-state index contributed by atoms with van der Waals surface area (Å²) in [7, 11) is -3.06. The fourth-order valence-electron chi connectivity index (χ4n) is 2.70. The summed E-state index contributed by atoms with van der Waals surface area (Å²) in [6, 6.07) is 0.00456. The Balaban J connectivity index is 2.06. The summed E-state index contributed by atoms with van der Waals surface area (Å²) in [6.07, 6.45) is 4.68. The molecule has 0 radical (unpaired) electrons. The van der Waals surface area contributed by atoms with E-state index in [0.29, 0.717) is 19.0 Å². The van der Waals surface area contributed by atoms with E-state index in [2.05, 4.69) is 6.92 Å². The van der Waals surface area contributed by atoms with Gasteiger partial charge in [0.05, 0.1) is 5.25 Å². The first-order chi connectivity index (χ1) is 7.51. The standard InChI is InChI=1S/C11H22N2O2S/c1-9-6-7-13(8-11(9)12)16(14,15)10-4-2-3-5-10/h9-11H,2-8,12H2,1H3. The molecular weight excluding hydrogens is 224 g/mol. The number of piperidine rings is 1. The molecule has 0 aromatic heterocycles. The van der Waals surface area contributed by atoms with Crippen molar-refractivity contribution in [2.45, 2.75) is 50.3 Å². The van der Waals surface area contributed by atoms with Gasteiger partial charge in [0.25, 0.3) is 0 Å². The van der Waals surface area contributed by atoms with Gasteiger partial charge in [-0.15, -0.1) is 0 Å². The number of rotatable bonds is 2. The Morgan fingerprint density at radius 2 is 1.81 bits per heavy atom. The van der Waals surface area contributed by atoms with Gasteiger partial charge < -0.3 is 5.73 Å². The van der Waals surface area contributed by atoms with E-state index in [1.165, 1.54) is 0 Å². The Bertz CT molecular complexity index is 336. The van der Waals surface area contributed by atoms with E-state index >= 15 is 0 Å². The third-order valence-electron chi connectivity index (χ3n) is 4.06. The molecule has 1 saturated carbocycles. The first-order valence-electron chi connectivity index (χ1n) is 6.26. The predicted molar refractivity (Wildman–Crippen MR) is 64.5 cm³/mol. The van der Waals surface area contributed by atoms with E-state index in [-0.39, 0.29) is 11.3 Å². The van der Waals surface area contributed by atoms with Gasteiger partial charge in [0.15, 0.2) is 0 Å². The van der Waals surface area contributed by atoms with Crippen LogP contribution in [0.5, 0.6) is 0 Å². The molecule has 2 fully saturated rings. The summed E-state index contributed by atoms with van der Waals surface area (Å²) < 4.78 is 26.3. The van der Waals surface area contributed by atoms with Gasteiger partial charge in [-0.1, -0.05) is 19.8 Å². The molecule has 0 spiro atoms. The second kappa shape index (κ2) is 4.63. The van der Waals surface area contributed by atoms with Gasteiger partial charge in [-0.05, 0) is 25.2 Å². The van der Waals surface area contributed by atoms with Gasteiger partial charge in [-0.25, -0.2) is 12.7 Å². The molecule has 0 aromatic carbocycles. The van der Waals surface area contributed by atoms with Gasteiger partial charge in [0.1, 0.15) is 0 Å². The van der Waals surface area contributed by atoms with Crippen LogP contribution in [0.1, 0.15) is 39.0 Å². The number of hydrogen-bond acceptors (Lipinski definition) is 3. The molecule has 5 heteroatoms. The van der Waals surface area contributed by atoms with Crippen LogP contribution in [0.4, 0.5) is 0 Å². The van der Waals surface area contributed by atoms with Crippen LogP contribution in [0.15, 0.2) is 0 Å². The maximum Gasteiger partial charge on any atom is 0.217 e. The van der Waals surface area contributed by atoms with Crippen LogP contribution in [0.25, 0.3) is 0 Å². The van der Waals surface area contributed by atoms with Crippen LogP contribution in [0.3, 0.4) is 0 Å². The highest BCUT2D eigenvalue weighted by Gasteiger charge is 2.37. The van der Waals surface area contributed by atoms with Crippen molar-refractivity contribution in [2.75, 3.05) is 13.1 Å². The highest BCUT2D eigenvalue weighted by Crippen LogP contribution is 2.29. The van der Waals surface area contributed by atoms with E-state index in [0.717, 1.165) is 32.1 Å². The zero-order chi connectivity index (χ0) is 11.8. The zero-order valence-electron chi connectivity index (χ0n) is 9.93. The fourth-order valence-corrected chi connectivity index (χ4v) is 4.79. The van der Waals surface area contributed by atoms with Crippen LogP contribution in [-0.4, -0.2) is 37.1 Å². The number of nitrogens with two attached hydrogens (primary N) is 1. The van der Waals surface area contributed by atoms with Crippen molar-refractivity contribution in [1.29, 1.82) is 0 Å². The largest absolute Gasteiger partial charge is 0.326 e. The first kappa shape index (κ1) is 12.3. The molecule has 4 nitrogen and oxygen atoms in total. The van der Waals surface area contributed by atoms with Gasteiger partial charge in [0.2, 0.25) is 10.0 Å². The third kappa shape index (κ3) is 2.26. The molecule has 0 bridgehead atoms. The van der Waals surface area contributed by atoms with Crippen molar-refractivity contribution in [3.63, 3.8) is 0 Å². The molecule has 2 aliphatic rings. The Labute approximate surface area is 98.2 Å². The lowest BCUT2D eigenvalue weighted by Crippen LogP contribution is -2.51. The summed E-state index contributed by atoms with van der Waals surface area (Å²) in [5, 5.41) is -0.131. The topological polar surface area (TPSA) is 63.4 Å². The minimum absolute atomic E-state index is 0.00456. The van der Waals surface area contributed by atoms with Gasteiger partial charge in [0, 0.05) is 19.1 Å². The van der Waals surface area contributed by atoms with E-state index < -0.39 is 10.0 Å². The summed E-state index contributed by atoms with van der Waals surface area (Å²) in [5.74, 6) is 0.440. The highest BCUT2D eigenvalue weighted by molar-refractivity contribution is 7.89. The van der Waals surface area contributed by atoms with Gasteiger partial charge in [-0.2, -0.15) is 0 Å². The Morgan fingerprint density at radius 1 is 1.19 bits per heavy atom.